The standard InChI is InChI=1S/C20H18ClF3N2O3S/c1-11-16(15-5-4-6-30-15)17(27)26(10-29-11)19(2,3)18(28)25-14-8-12(20(22,23)24)7-13(21)9-14/h4-9H,10H2,1-3H3,(H,25,28). The Hall–Kier alpha value is -2.52. The molecule has 30 heavy (non-hydrogen) atoms. The molecule has 0 unspecified atom stereocenters. The number of carbonyl (C=O) groups excluding carboxylic acids is 2. The predicted octanol–water partition coefficient (Wildman–Crippen LogP) is 5.38. The summed E-state index contributed by atoms with van der Waals surface area (Å²) < 4.78 is 44.7. The fraction of sp³-hybridized carbons (Fsp3) is 0.300. The third-order valence-corrected chi connectivity index (χ3v) is 5.81. The number of rotatable bonds is 4. The molecule has 1 aliphatic rings. The molecular formula is C20H18ClF3N2O3S. The highest BCUT2D eigenvalue weighted by Gasteiger charge is 2.42. The van der Waals surface area contributed by atoms with Crippen LogP contribution in [0.4, 0.5) is 18.9 Å². The number of nitrogens with zero attached hydrogens (tertiary/aromatic N) is 1. The summed E-state index contributed by atoms with van der Waals surface area (Å²) in [6.45, 7) is 4.49. The molecule has 0 fully saturated rings. The number of carbonyl (C=O) groups is 2. The minimum atomic E-state index is -4.62. The lowest BCUT2D eigenvalue weighted by Crippen LogP contribution is -2.57. The van der Waals surface area contributed by atoms with E-state index in [1.165, 1.54) is 36.2 Å². The fourth-order valence-electron chi connectivity index (χ4n) is 2.92. The number of amides is 2. The smallest absolute Gasteiger partial charge is 0.416 e. The molecule has 10 heteroatoms. The lowest BCUT2D eigenvalue weighted by Gasteiger charge is -2.40. The Labute approximate surface area is 180 Å². The molecular weight excluding hydrogens is 441 g/mol. The lowest BCUT2D eigenvalue weighted by atomic mass is 9.98. The van der Waals surface area contributed by atoms with Crippen molar-refractivity contribution in [3.05, 3.63) is 56.9 Å². The SMILES string of the molecule is CC1=C(c2cccs2)C(=O)N(C(C)(C)C(=O)Nc2cc(Cl)cc(C(F)(F)F)c2)CO1. The summed E-state index contributed by atoms with van der Waals surface area (Å²) in [7, 11) is 0. The van der Waals surface area contributed by atoms with E-state index in [0.29, 0.717) is 16.2 Å². The first-order valence-corrected chi connectivity index (χ1v) is 10.1. The maximum absolute atomic E-state index is 13.1. The van der Waals surface area contributed by atoms with E-state index in [9.17, 15) is 22.8 Å². The largest absolute Gasteiger partial charge is 0.477 e. The molecule has 0 radical (unpaired) electrons. The maximum Gasteiger partial charge on any atom is 0.416 e. The summed E-state index contributed by atoms with van der Waals surface area (Å²) in [5, 5.41) is 4.07. The van der Waals surface area contributed by atoms with Crippen LogP contribution in [0, 0.1) is 0 Å². The Balaban J connectivity index is 1.86. The minimum absolute atomic E-state index is 0.122. The molecule has 5 nitrogen and oxygen atoms in total. The quantitative estimate of drug-likeness (QED) is 0.668. The van der Waals surface area contributed by atoms with E-state index < -0.39 is 29.1 Å². The van der Waals surface area contributed by atoms with Gasteiger partial charge in [0.05, 0.1) is 11.1 Å². The number of nitrogens with one attached hydrogen (secondary N) is 1. The van der Waals surface area contributed by atoms with E-state index >= 15 is 0 Å². The first kappa shape index (κ1) is 22.2. The van der Waals surface area contributed by atoms with Crippen LogP contribution < -0.4 is 5.32 Å². The van der Waals surface area contributed by atoms with Gasteiger partial charge < -0.3 is 10.1 Å². The van der Waals surface area contributed by atoms with Gasteiger partial charge in [-0.25, -0.2) is 0 Å². The van der Waals surface area contributed by atoms with Gasteiger partial charge in [0.1, 0.15) is 11.3 Å². The predicted molar refractivity (Wildman–Crippen MR) is 109 cm³/mol. The van der Waals surface area contributed by atoms with Crippen LogP contribution in [0.15, 0.2) is 41.5 Å². The molecule has 0 atom stereocenters. The van der Waals surface area contributed by atoms with Gasteiger partial charge in [-0.05, 0) is 50.4 Å². The zero-order chi connectivity index (χ0) is 22.3. The van der Waals surface area contributed by atoms with Gasteiger partial charge in [0.25, 0.3) is 5.91 Å². The first-order valence-electron chi connectivity index (χ1n) is 8.80. The monoisotopic (exact) mass is 458 g/mol. The highest BCUT2D eigenvalue weighted by Crippen LogP contribution is 2.35. The maximum atomic E-state index is 13.1. The van der Waals surface area contributed by atoms with Crippen LogP contribution in [0.25, 0.3) is 5.57 Å². The van der Waals surface area contributed by atoms with E-state index in [-0.39, 0.29) is 17.4 Å². The van der Waals surface area contributed by atoms with E-state index in [2.05, 4.69) is 5.32 Å². The molecule has 2 amide bonds. The average Bonchev–Trinajstić information content (AvgIpc) is 3.14. The summed E-state index contributed by atoms with van der Waals surface area (Å²) in [4.78, 5) is 28.0. The number of halogens is 4. The highest BCUT2D eigenvalue weighted by molar-refractivity contribution is 7.11. The second kappa shape index (κ2) is 7.96. The van der Waals surface area contributed by atoms with Crippen molar-refractivity contribution in [2.75, 3.05) is 12.0 Å². The summed E-state index contributed by atoms with van der Waals surface area (Å²) in [6, 6.07) is 6.33. The molecule has 0 bridgehead atoms. The van der Waals surface area contributed by atoms with Crippen molar-refractivity contribution in [1.82, 2.24) is 4.90 Å². The molecule has 1 N–H and O–H groups in total. The van der Waals surface area contributed by atoms with E-state index in [4.69, 9.17) is 16.3 Å². The lowest BCUT2D eigenvalue weighted by molar-refractivity contribution is -0.147. The van der Waals surface area contributed by atoms with Crippen LogP contribution in [0.2, 0.25) is 5.02 Å². The fourth-order valence-corrected chi connectivity index (χ4v) is 3.97. The van der Waals surface area contributed by atoms with Crippen LogP contribution in [0.3, 0.4) is 0 Å². The summed E-state index contributed by atoms with van der Waals surface area (Å²) in [5.74, 6) is -0.636. The first-order chi connectivity index (χ1) is 13.9. The molecule has 0 aliphatic carbocycles. The number of thiophene rings is 1. The van der Waals surface area contributed by atoms with E-state index in [1.54, 1.807) is 19.1 Å². The van der Waals surface area contributed by atoms with Crippen molar-refractivity contribution in [3.63, 3.8) is 0 Å². The Bertz CT molecular complexity index is 1020. The molecule has 0 saturated heterocycles. The summed E-state index contributed by atoms with van der Waals surface area (Å²) in [6.07, 6.45) is -4.62. The van der Waals surface area contributed by atoms with Crippen LogP contribution in [0.5, 0.6) is 0 Å². The molecule has 1 aromatic carbocycles. The van der Waals surface area contributed by atoms with E-state index in [1.807, 2.05) is 5.38 Å². The van der Waals surface area contributed by atoms with Gasteiger partial charge in [-0.15, -0.1) is 11.3 Å². The Morgan fingerprint density at radius 2 is 1.97 bits per heavy atom. The molecule has 2 aromatic rings. The zero-order valence-corrected chi connectivity index (χ0v) is 17.8. The number of allylic oxidation sites excluding steroid dienone is 1. The molecule has 1 aliphatic heterocycles. The second-order valence-corrected chi connectivity index (χ2v) is 8.54. The number of alkyl halides is 3. The molecule has 160 valence electrons. The molecule has 0 spiro atoms. The third kappa shape index (κ3) is 4.32. The van der Waals surface area contributed by atoms with Gasteiger partial charge in [-0.3, -0.25) is 14.5 Å². The van der Waals surface area contributed by atoms with Crippen LogP contribution in [-0.4, -0.2) is 29.0 Å². The van der Waals surface area contributed by atoms with Crippen molar-refractivity contribution in [1.29, 1.82) is 0 Å². The van der Waals surface area contributed by atoms with Gasteiger partial charge in [0.2, 0.25) is 5.91 Å². The number of ether oxygens (including phenoxy) is 1. The van der Waals surface area contributed by atoms with Crippen LogP contribution >= 0.6 is 22.9 Å². The van der Waals surface area contributed by atoms with Gasteiger partial charge >= 0.3 is 6.18 Å². The van der Waals surface area contributed by atoms with Gasteiger partial charge in [0, 0.05) is 15.6 Å². The van der Waals surface area contributed by atoms with Gasteiger partial charge in [0.15, 0.2) is 6.73 Å². The van der Waals surface area contributed by atoms with E-state index in [0.717, 1.165) is 12.1 Å². The van der Waals surface area contributed by atoms with Crippen molar-refractivity contribution in [2.24, 2.45) is 0 Å². The zero-order valence-electron chi connectivity index (χ0n) is 16.3. The van der Waals surface area contributed by atoms with Crippen LogP contribution in [-0.2, 0) is 20.5 Å². The molecule has 0 saturated carbocycles. The normalized spacial score (nSPS) is 15.3. The van der Waals surface area contributed by atoms with Gasteiger partial charge in [-0.1, -0.05) is 17.7 Å². The van der Waals surface area contributed by atoms with Crippen molar-refractivity contribution < 1.29 is 27.5 Å². The third-order valence-electron chi connectivity index (χ3n) is 4.70. The number of hydrogen-bond donors (Lipinski definition) is 1. The van der Waals surface area contributed by atoms with Crippen molar-refractivity contribution in [2.45, 2.75) is 32.5 Å². The average molecular weight is 459 g/mol. The van der Waals surface area contributed by atoms with Crippen LogP contribution in [0.1, 0.15) is 31.2 Å². The minimum Gasteiger partial charge on any atom is -0.477 e. The molecule has 2 heterocycles. The Morgan fingerprint density at radius 3 is 2.57 bits per heavy atom. The topological polar surface area (TPSA) is 58.6 Å². The van der Waals surface area contributed by atoms with Crippen molar-refractivity contribution in [3.8, 4) is 0 Å². The number of anilines is 1. The highest BCUT2D eigenvalue weighted by atomic mass is 35.5. The van der Waals surface area contributed by atoms with Crippen molar-refractivity contribution >= 4 is 46.0 Å². The summed E-state index contributed by atoms with van der Waals surface area (Å²) >= 11 is 7.14. The Morgan fingerprint density at radius 1 is 1.27 bits per heavy atom. The summed E-state index contributed by atoms with van der Waals surface area (Å²) in [5.41, 5.74) is -2.18. The number of hydrogen-bond acceptors (Lipinski definition) is 4. The second-order valence-electron chi connectivity index (χ2n) is 7.15. The van der Waals surface area contributed by atoms with Gasteiger partial charge in [-0.2, -0.15) is 13.2 Å². The Kier molecular flexibility index (Phi) is 5.88. The molecule has 3 rings (SSSR count). The number of benzene rings is 1. The molecule has 1 aromatic heterocycles.